The fraction of sp³-hybridized carbons (Fsp3) is 0.889. The number of hydrogen-bond acceptors (Lipinski definition) is 2. The first-order valence-electron chi connectivity index (χ1n) is 4.97. The summed E-state index contributed by atoms with van der Waals surface area (Å²) in [6, 6.07) is 1.12. The van der Waals surface area contributed by atoms with Crippen LogP contribution in [0.25, 0.3) is 0 Å². The number of hydrogen-bond donors (Lipinski definition) is 1. The van der Waals surface area contributed by atoms with Crippen LogP contribution in [0, 0.1) is 0 Å². The Morgan fingerprint density at radius 1 is 1.46 bits per heavy atom. The monoisotopic (exact) mass is 183 g/mol. The van der Waals surface area contributed by atoms with Crippen LogP contribution in [-0.2, 0) is 0 Å². The number of rotatable bonds is 1. The normalized spacial score (nSPS) is 29.3. The number of carbonyl (C=O) groups excluding carboxylic acids is 1. The van der Waals surface area contributed by atoms with E-state index in [4.69, 9.17) is 0 Å². The van der Waals surface area contributed by atoms with Crippen LogP contribution in [0.5, 0.6) is 0 Å². The summed E-state index contributed by atoms with van der Waals surface area (Å²) in [5.74, 6) is 0. The minimum Gasteiger partial charge on any atom is -0.336 e. The Bertz CT molecular complexity index is 217. The van der Waals surface area contributed by atoms with E-state index in [1.807, 2.05) is 4.90 Å². The van der Waals surface area contributed by atoms with Crippen LogP contribution in [-0.4, -0.2) is 54.1 Å². The highest BCUT2D eigenvalue weighted by Crippen LogP contribution is 2.15. The van der Waals surface area contributed by atoms with Crippen LogP contribution in [0.3, 0.4) is 0 Å². The fourth-order valence-electron chi connectivity index (χ4n) is 2.10. The van der Waals surface area contributed by atoms with Crippen molar-refractivity contribution in [3.8, 4) is 0 Å². The van der Waals surface area contributed by atoms with Gasteiger partial charge in [0.25, 0.3) is 0 Å². The predicted molar refractivity (Wildman–Crippen MR) is 50.6 cm³/mol. The van der Waals surface area contributed by atoms with Crippen molar-refractivity contribution in [2.24, 2.45) is 0 Å². The second kappa shape index (κ2) is 3.18. The Balaban J connectivity index is 1.99. The van der Waals surface area contributed by atoms with Crippen LogP contribution in [0.1, 0.15) is 13.8 Å². The second-order valence-corrected chi connectivity index (χ2v) is 4.12. The van der Waals surface area contributed by atoms with Crippen molar-refractivity contribution in [3.63, 3.8) is 0 Å². The lowest BCUT2D eigenvalue weighted by atomic mass is 10.1. The van der Waals surface area contributed by atoms with Crippen molar-refractivity contribution >= 4 is 6.03 Å². The third-order valence-corrected chi connectivity index (χ3v) is 2.99. The maximum atomic E-state index is 11.3. The molecule has 4 heteroatoms. The zero-order valence-corrected chi connectivity index (χ0v) is 8.29. The topological polar surface area (TPSA) is 35.6 Å². The molecule has 2 amide bonds. The lowest BCUT2D eigenvalue weighted by molar-refractivity contribution is 0.0996. The molecular formula is C9H17N3O. The Morgan fingerprint density at radius 2 is 2.23 bits per heavy atom. The summed E-state index contributed by atoms with van der Waals surface area (Å²) in [5.41, 5.74) is 0. The predicted octanol–water partition coefficient (Wildman–Crippen LogP) is 0.104. The quantitative estimate of drug-likeness (QED) is 0.626. The van der Waals surface area contributed by atoms with Gasteiger partial charge >= 0.3 is 6.03 Å². The van der Waals surface area contributed by atoms with Crippen molar-refractivity contribution in [1.29, 1.82) is 0 Å². The molecule has 2 aliphatic heterocycles. The molecule has 0 spiro atoms. The van der Waals surface area contributed by atoms with Crippen LogP contribution >= 0.6 is 0 Å². The number of amides is 2. The molecule has 0 saturated carbocycles. The van der Waals surface area contributed by atoms with Gasteiger partial charge in [0.05, 0.1) is 6.04 Å². The Morgan fingerprint density at radius 3 is 2.92 bits per heavy atom. The minimum absolute atomic E-state index is 0.119. The Kier molecular flexibility index (Phi) is 2.15. The third kappa shape index (κ3) is 1.50. The first kappa shape index (κ1) is 8.81. The van der Waals surface area contributed by atoms with E-state index in [2.05, 4.69) is 24.1 Å². The molecule has 1 unspecified atom stereocenters. The van der Waals surface area contributed by atoms with Crippen LogP contribution in [0.15, 0.2) is 0 Å². The van der Waals surface area contributed by atoms with E-state index in [1.165, 1.54) is 0 Å². The van der Waals surface area contributed by atoms with E-state index in [0.717, 1.165) is 26.2 Å². The van der Waals surface area contributed by atoms with E-state index < -0.39 is 0 Å². The summed E-state index contributed by atoms with van der Waals surface area (Å²) in [6.07, 6.45) is 0. The van der Waals surface area contributed by atoms with E-state index in [-0.39, 0.29) is 6.03 Å². The summed E-state index contributed by atoms with van der Waals surface area (Å²) in [7, 11) is 0. The lowest BCUT2D eigenvalue weighted by Gasteiger charge is -2.38. The van der Waals surface area contributed by atoms with E-state index in [0.29, 0.717) is 12.1 Å². The molecule has 4 nitrogen and oxygen atoms in total. The number of carbonyl (C=O) groups is 1. The molecule has 0 bridgehead atoms. The van der Waals surface area contributed by atoms with Crippen molar-refractivity contribution in [1.82, 2.24) is 15.1 Å². The first-order chi connectivity index (χ1) is 6.18. The van der Waals surface area contributed by atoms with Gasteiger partial charge in [0, 0.05) is 32.2 Å². The van der Waals surface area contributed by atoms with Crippen molar-refractivity contribution in [3.05, 3.63) is 0 Å². The molecule has 0 aromatic carbocycles. The molecule has 2 heterocycles. The van der Waals surface area contributed by atoms with Gasteiger partial charge in [-0.25, -0.2) is 4.79 Å². The molecule has 13 heavy (non-hydrogen) atoms. The number of nitrogens with zero attached hydrogens (tertiary/aromatic N) is 2. The second-order valence-electron chi connectivity index (χ2n) is 4.12. The van der Waals surface area contributed by atoms with Gasteiger partial charge in [-0.1, -0.05) is 0 Å². The van der Waals surface area contributed by atoms with Gasteiger partial charge in [-0.3, -0.25) is 4.90 Å². The third-order valence-electron chi connectivity index (χ3n) is 2.99. The molecule has 2 rings (SSSR count). The van der Waals surface area contributed by atoms with Crippen molar-refractivity contribution < 1.29 is 4.79 Å². The van der Waals surface area contributed by atoms with E-state index >= 15 is 0 Å². The fourth-order valence-corrected chi connectivity index (χ4v) is 2.10. The van der Waals surface area contributed by atoms with Gasteiger partial charge in [0.1, 0.15) is 0 Å². The van der Waals surface area contributed by atoms with Gasteiger partial charge in [-0.15, -0.1) is 0 Å². The Hall–Kier alpha value is -0.770. The molecule has 0 radical (unpaired) electrons. The molecule has 1 N–H and O–H groups in total. The molecule has 2 aliphatic rings. The number of piperazine rings is 1. The van der Waals surface area contributed by atoms with E-state index in [1.54, 1.807) is 0 Å². The summed E-state index contributed by atoms with van der Waals surface area (Å²) >= 11 is 0. The highest BCUT2D eigenvalue weighted by Gasteiger charge is 2.35. The van der Waals surface area contributed by atoms with Crippen LogP contribution in [0.2, 0.25) is 0 Å². The molecule has 0 aromatic rings. The SMILES string of the molecule is CC(C)N1CCN2C(=O)NCC2C1. The highest BCUT2D eigenvalue weighted by molar-refractivity contribution is 5.77. The number of nitrogens with one attached hydrogen (secondary N) is 1. The van der Waals surface area contributed by atoms with Crippen LogP contribution in [0.4, 0.5) is 4.79 Å². The molecule has 74 valence electrons. The van der Waals surface area contributed by atoms with Crippen molar-refractivity contribution in [2.75, 3.05) is 26.2 Å². The largest absolute Gasteiger partial charge is 0.336 e. The standard InChI is InChI=1S/C9H17N3O/c1-7(2)11-3-4-12-8(6-11)5-10-9(12)13/h7-8H,3-6H2,1-2H3,(H,10,13). The van der Waals surface area contributed by atoms with Gasteiger partial charge in [0.15, 0.2) is 0 Å². The molecule has 0 aliphatic carbocycles. The van der Waals surface area contributed by atoms with Gasteiger partial charge in [-0.05, 0) is 13.8 Å². The lowest BCUT2D eigenvalue weighted by Crippen LogP contribution is -2.53. The first-order valence-corrected chi connectivity index (χ1v) is 4.97. The highest BCUT2D eigenvalue weighted by atomic mass is 16.2. The molecule has 1 atom stereocenters. The molecule has 0 aromatic heterocycles. The minimum atomic E-state index is 0.119. The summed E-state index contributed by atoms with van der Waals surface area (Å²) in [5, 5.41) is 2.88. The zero-order chi connectivity index (χ0) is 9.42. The number of fused-ring (bicyclic) bond motifs is 1. The van der Waals surface area contributed by atoms with Crippen molar-refractivity contribution in [2.45, 2.75) is 25.9 Å². The average Bonchev–Trinajstić information content (AvgIpc) is 2.47. The van der Waals surface area contributed by atoms with Gasteiger partial charge in [0.2, 0.25) is 0 Å². The molecule has 2 saturated heterocycles. The zero-order valence-electron chi connectivity index (χ0n) is 8.29. The van der Waals surface area contributed by atoms with Gasteiger partial charge in [-0.2, -0.15) is 0 Å². The maximum Gasteiger partial charge on any atom is 0.317 e. The summed E-state index contributed by atoms with van der Waals surface area (Å²) in [4.78, 5) is 15.7. The average molecular weight is 183 g/mol. The smallest absolute Gasteiger partial charge is 0.317 e. The molecule has 2 fully saturated rings. The van der Waals surface area contributed by atoms with Crippen LogP contribution < -0.4 is 5.32 Å². The summed E-state index contributed by atoms with van der Waals surface area (Å²) in [6.45, 7) is 8.16. The Labute approximate surface area is 78.9 Å². The number of urea groups is 1. The van der Waals surface area contributed by atoms with Gasteiger partial charge < -0.3 is 10.2 Å². The summed E-state index contributed by atoms with van der Waals surface area (Å²) < 4.78 is 0. The maximum absolute atomic E-state index is 11.3. The molecular weight excluding hydrogens is 166 g/mol. The van der Waals surface area contributed by atoms with E-state index in [9.17, 15) is 4.79 Å².